The molecule has 132 valence electrons. The van der Waals surface area contributed by atoms with Gasteiger partial charge >= 0.3 is 29.7 Å². The van der Waals surface area contributed by atoms with Crippen LogP contribution < -0.4 is 0 Å². The van der Waals surface area contributed by atoms with E-state index in [0.29, 0.717) is 12.5 Å². The van der Waals surface area contributed by atoms with E-state index < -0.39 is 42.6 Å². The van der Waals surface area contributed by atoms with Gasteiger partial charge in [-0.15, -0.1) is 0 Å². The number of carbonyl (C=O) groups is 2. The molecule has 0 aliphatic heterocycles. The minimum Gasteiger partial charge on any atom is -0.477 e. The van der Waals surface area contributed by atoms with E-state index in [4.69, 9.17) is 5.11 Å². The van der Waals surface area contributed by atoms with Gasteiger partial charge in [0.25, 0.3) is 6.29 Å². The number of carboxylic acid groups (broad SMARTS) is 1. The van der Waals surface area contributed by atoms with Crippen LogP contribution in [0.3, 0.4) is 0 Å². The zero-order chi connectivity index (χ0) is 18.5. The van der Waals surface area contributed by atoms with Gasteiger partial charge in [-0.2, -0.15) is 26.3 Å². The molecule has 0 aromatic carbocycles. The number of hydrogen-bond donors (Lipinski definition) is 1. The lowest BCUT2D eigenvalue weighted by molar-refractivity contribution is -0.300. The maximum absolute atomic E-state index is 13.2. The van der Waals surface area contributed by atoms with Crippen molar-refractivity contribution in [2.75, 3.05) is 6.61 Å². The molecule has 0 amide bonds. The molecule has 0 saturated heterocycles. The third-order valence-electron chi connectivity index (χ3n) is 2.16. The van der Waals surface area contributed by atoms with E-state index in [-0.39, 0.29) is 0 Å². The van der Waals surface area contributed by atoms with Gasteiger partial charge in [0, 0.05) is 0 Å². The smallest absolute Gasteiger partial charge is 0.411 e. The Bertz CT molecular complexity index is 468. The van der Waals surface area contributed by atoms with Crippen molar-refractivity contribution in [2.24, 2.45) is 0 Å². The highest BCUT2D eigenvalue weighted by molar-refractivity contribution is 5.83. The Morgan fingerprint density at radius 2 is 1.43 bits per heavy atom. The predicted molar refractivity (Wildman–Crippen MR) is 59.8 cm³/mol. The molecule has 0 aromatic heterocycles. The number of rotatable bonds is 10. The Hall–Kier alpha value is -2.40. The minimum absolute atomic E-state index is 0.716. The van der Waals surface area contributed by atoms with Crippen LogP contribution in [0.15, 0.2) is 25.7 Å². The Balaban J connectivity index is 5.19. The van der Waals surface area contributed by atoms with E-state index in [1.54, 1.807) is 0 Å². The van der Waals surface area contributed by atoms with Crippen LogP contribution in [0.5, 0.6) is 0 Å². The van der Waals surface area contributed by atoms with Crippen LogP contribution >= 0.6 is 0 Å². The molecule has 0 bridgehead atoms. The van der Waals surface area contributed by atoms with Gasteiger partial charge in [0.2, 0.25) is 0 Å². The first-order chi connectivity index (χ1) is 10.4. The molecular formula is C11H10F6O6. The summed E-state index contributed by atoms with van der Waals surface area (Å²) in [4.78, 5) is 20.9. The topological polar surface area (TPSA) is 82.1 Å². The highest BCUT2D eigenvalue weighted by Crippen LogP contribution is 2.46. The minimum atomic E-state index is -6.54. The molecule has 1 N–H and O–H groups in total. The van der Waals surface area contributed by atoms with Crippen molar-refractivity contribution < 1.29 is 55.2 Å². The molecule has 0 aliphatic carbocycles. The molecule has 0 heterocycles. The molecule has 0 fully saturated rings. The fourth-order valence-electron chi connectivity index (χ4n) is 1.02. The zero-order valence-corrected chi connectivity index (χ0v) is 11.1. The van der Waals surface area contributed by atoms with Crippen LogP contribution in [0, 0.1) is 0 Å². The fraction of sp³-hybridized carbons (Fsp3) is 0.455. The largest absolute Gasteiger partial charge is 0.477 e. The average molecular weight is 352 g/mol. The van der Waals surface area contributed by atoms with Crippen LogP contribution in [0.2, 0.25) is 0 Å². The zero-order valence-electron chi connectivity index (χ0n) is 11.1. The van der Waals surface area contributed by atoms with Gasteiger partial charge in [-0.25, -0.2) is 9.59 Å². The quantitative estimate of drug-likeness (QED) is 0.281. The molecule has 0 radical (unpaired) electrons. The van der Waals surface area contributed by atoms with E-state index in [9.17, 15) is 35.9 Å². The molecule has 0 aromatic rings. The summed E-state index contributed by atoms with van der Waals surface area (Å²) in [5, 5.41) is 7.90. The summed E-state index contributed by atoms with van der Waals surface area (Å²) in [6.45, 7) is 4.86. The number of hydrogen-bond acceptors (Lipinski definition) is 5. The van der Waals surface area contributed by atoms with Crippen molar-refractivity contribution in [1.29, 1.82) is 0 Å². The lowest BCUT2D eigenvalue weighted by Gasteiger charge is -2.28. The Labute approximate surface area is 124 Å². The van der Waals surface area contributed by atoms with Gasteiger partial charge in [0.05, 0.1) is 12.5 Å². The van der Waals surface area contributed by atoms with E-state index in [1.807, 2.05) is 0 Å². The molecule has 6 nitrogen and oxygen atoms in total. The molecular weight excluding hydrogens is 342 g/mol. The first-order valence-corrected chi connectivity index (χ1v) is 5.43. The summed E-state index contributed by atoms with van der Waals surface area (Å²) in [5.74, 6) is -25.5. The summed E-state index contributed by atoms with van der Waals surface area (Å²) < 4.78 is 90.4. The van der Waals surface area contributed by atoms with Crippen molar-refractivity contribution in [3.8, 4) is 0 Å². The summed E-state index contributed by atoms with van der Waals surface area (Å²) in [6.07, 6.45) is -0.181. The number of aliphatic carboxylic acids is 1. The Kier molecular flexibility index (Phi) is 6.49. The van der Waals surface area contributed by atoms with Crippen LogP contribution in [-0.2, 0) is 23.8 Å². The Morgan fingerprint density at radius 1 is 1.00 bits per heavy atom. The molecule has 12 heteroatoms. The van der Waals surface area contributed by atoms with E-state index in [0.717, 1.165) is 0 Å². The number of alkyl halides is 6. The third-order valence-corrected chi connectivity index (χ3v) is 2.16. The predicted octanol–water partition coefficient (Wildman–Crippen LogP) is 2.17. The summed E-state index contributed by atoms with van der Waals surface area (Å²) in [7, 11) is 0. The number of halogens is 6. The van der Waals surface area contributed by atoms with E-state index in [1.165, 1.54) is 0 Å². The van der Waals surface area contributed by atoms with Gasteiger partial charge in [-0.3, -0.25) is 0 Å². The van der Waals surface area contributed by atoms with Crippen LogP contribution in [-0.4, -0.2) is 47.7 Å². The molecule has 0 rings (SSSR count). The van der Waals surface area contributed by atoms with Crippen molar-refractivity contribution in [3.63, 3.8) is 0 Å². The number of ether oxygens (including phenoxy) is 3. The second-order valence-electron chi connectivity index (χ2n) is 3.66. The highest BCUT2D eigenvalue weighted by Gasteiger charge is 2.79. The first kappa shape index (κ1) is 20.6. The number of esters is 1. The van der Waals surface area contributed by atoms with Gasteiger partial charge in [-0.1, -0.05) is 13.2 Å². The van der Waals surface area contributed by atoms with E-state index >= 15 is 0 Å². The lowest BCUT2D eigenvalue weighted by atomic mass is 10.0. The van der Waals surface area contributed by atoms with Gasteiger partial charge in [0.15, 0.2) is 6.61 Å². The number of carbonyl (C=O) groups excluding carboxylic acids is 1. The third kappa shape index (κ3) is 4.07. The van der Waals surface area contributed by atoms with Gasteiger partial charge in [0.1, 0.15) is 0 Å². The monoisotopic (exact) mass is 352 g/mol. The van der Waals surface area contributed by atoms with Gasteiger partial charge < -0.3 is 19.3 Å². The molecule has 0 atom stereocenters. The van der Waals surface area contributed by atoms with Crippen LogP contribution in [0.4, 0.5) is 26.3 Å². The second-order valence-corrected chi connectivity index (χ2v) is 3.66. The average Bonchev–Trinajstić information content (AvgIpc) is 2.44. The van der Waals surface area contributed by atoms with Crippen LogP contribution in [0.1, 0.15) is 0 Å². The van der Waals surface area contributed by atoms with Crippen LogP contribution in [0.25, 0.3) is 0 Å². The maximum atomic E-state index is 13.2. The summed E-state index contributed by atoms with van der Waals surface area (Å²) in [5.41, 5.74) is 0. The molecule has 0 saturated carbocycles. The maximum Gasteiger partial charge on any atom is 0.411 e. The molecule has 0 unspecified atom stereocenters. The normalized spacial score (nSPS) is 12.5. The van der Waals surface area contributed by atoms with Crippen molar-refractivity contribution in [1.82, 2.24) is 0 Å². The van der Waals surface area contributed by atoms with E-state index in [2.05, 4.69) is 27.4 Å². The standard InChI is InChI=1S/C11H10F6O6/c1-3-21-6(22-4-2)5-23-8(20)10(14,15)11(16,17)9(12,13)7(18)19/h3-4,6H,1-2,5H2,(H,18,19). The van der Waals surface area contributed by atoms with Crippen molar-refractivity contribution in [2.45, 2.75) is 24.1 Å². The summed E-state index contributed by atoms with van der Waals surface area (Å²) in [6, 6.07) is 0. The molecule has 23 heavy (non-hydrogen) atoms. The van der Waals surface area contributed by atoms with Crippen molar-refractivity contribution >= 4 is 11.9 Å². The first-order valence-electron chi connectivity index (χ1n) is 5.43. The Morgan fingerprint density at radius 3 is 1.78 bits per heavy atom. The lowest BCUT2D eigenvalue weighted by Crippen LogP contribution is -2.61. The van der Waals surface area contributed by atoms with Crippen molar-refractivity contribution in [3.05, 3.63) is 25.7 Å². The number of carboxylic acids is 1. The van der Waals surface area contributed by atoms with Gasteiger partial charge in [-0.05, 0) is 0 Å². The summed E-state index contributed by atoms with van der Waals surface area (Å²) >= 11 is 0. The highest BCUT2D eigenvalue weighted by atomic mass is 19.3. The second kappa shape index (κ2) is 7.24. The fourth-order valence-corrected chi connectivity index (χ4v) is 1.02. The molecule has 0 spiro atoms. The molecule has 0 aliphatic rings. The SMILES string of the molecule is C=COC(COC(=O)C(F)(F)C(F)(F)C(F)(F)C(=O)O)OC=C.